The van der Waals surface area contributed by atoms with Crippen molar-refractivity contribution in [1.29, 1.82) is 0 Å². The number of aromatic nitrogens is 2. The average molecular weight is 480 g/mol. The quantitative estimate of drug-likeness (QED) is 0.206. The number of benzene rings is 2. The van der Waals surface area contributed by atoms with Crippen molar-refractivity contribution in [2.24, 2.45) is 5.84 Å². The number of nitrogens with zero attached hydrogens (tertiary/aromatic N) is 1. The number of nitrogens with two attached hydrogens (primary N) is 2. The van der Waals surface area contributed by atoms with Crippen LogP contribution >= 0.6 is 0 Å². The van der Waals surface area contributed by atoms with Gasteiger partial charge in [-0.05, 0) is 68.0 Å². The van der Waals surface area contributed by atoms with Gasteiger partial charge < -0.3 is 30.4 Å². The van der Waals surface area contributed by atoms with Gasteiger partial charge in [-0.3, -0.25) is 4.79 Å². The Morgan fingerprint density at radius 3 is 2.69 bits per heavy atom. The number of nitrogen functional groups attached to an aromatic ring is 2. The molecular weight excluding hydrogens is 450 g/mol. The standard InChI is InChI=1S/C25H29N5O5/c1-2-33-21(31)14-34-18-9-5-6-15(12-18)16-10-11-19(20(13-16)35-17-7-3-4-8-17)23-28-24(30-27)22(26)25(32)29-23/h5-6,9-13,17H,2-4,7-8,14,26-27H2,1H3,(H2,28,29,30,32). The number of esters is 1. The van der Waals surface area contributed by atoms with Gasteiger partial charge >= 0.3 is 5.97 Å². The number of nitrogens with one attached hydrogen (secondary N) is 2. The van der Waals surface area contributed by atoms with Crippen molar-refractivity contribution >= 4 is 17.5 Å². The number of rotatable bonds is 9. The van der Waals surface area contributed by atoms with E-state index in [2.05, 4.69) is 15.4 Å². The molecule has 0 atom stereocenters. The maximum atomic E-state index is 12.3. The molecule has 6 N–H and O–H groups in total. The molecular formula is C25H29N5O5. The molecule has 1 aliphatic carbocycles. The van der Waals surface area contributed by atoms with Gasteiger partial charge in [0.1, 0.15) is 23.0 Å². The molecule has 0 amide bonds. The van der Waals surface area contributed by atoms with E-state index in [9.17, 15) is 9.59 Å². The average Bonchev–Trinajstić information content (AvgIpc) is 3.38. The van der Waals surface area contributed by atoms with Crippen molar-refractivity contribution < 1.29 is 19.0 Å². The van der Waals surface area contributed by atoms with Gasteiger partial charge in [0.05, 0.1) is 18.3 Å². The first-order valence-electron chi connectivity index (χ1n) is 11.5. The van der Waals surface area contributed by atoms with Crippen LogP contribution in [0.1, 0.15) is 32.6 Å². The zero-order valence-electron chi connectivity index (χ0n) is 19.5. The van der Waals surface area contributed by atoms with Crippen LogP contribution in [0.2, 0.25) is 0 Å². The van der Waals surface area contributed by atoms with E-state index in [1.165, 1.54) is 0 Å². The van der Waals surface area contributed by atoms with E-state index in [1.807, 2.05) is 36.4 Å². The number of anilines is 2. The second-order valence-electron chi connectivity index (χ2n) is 8.18. The van der Waals surface area contributed by atoms with Crippen LogP contribution in [0.25, 0.3) is 22.5 Å². The van der Waals surface area contributed by atoms with Crippen LogP contribution in [0.15, 0.2) is 47.3 Å². The van der Waals surface area contributed by atoms with Gasteiger partial charge in [-0.15, -0.1) is 0 Å². The van der Waals surface area contributed by atoms with Crippen LogP contribution in [-0.2, 0) is 9.53 Å². The van der Waals surface area contributed by atoms with E-state index in [0.717, 1.165) is 36.8 Å². The maximum absolute atomic E-state index is 12.3. The summed E-state index contributed by atoms with van der Waals surface area (Å²) in [5.41, 5.74) is 9.90. The number of hydrogen-bond donors (Lipinski definition) is 4. The van der Waals surface area contributed by atoms with Gasteiger partial charge in [0.2, 0.25) is 0 Å². The lowest BCUT2D eigenvalue weighted by Crippen LogP contribution is -2.21. The minimum Gasteiger partial charge on any atom is -0.490 e. The minimum atomic E-state index is -0.495. The van der Waals surface area contributed by atoms with Gasteiger partial charge in [0, 0.05) is 0 Å². The fourth-order valence-corrected chi connectivity index (χ4v) is 4.01. The first-order valence-corrected chi connectivity index (χ1v) is 11.5. The summed E-state index contributed by atoms with van der Waals surface area (Å²) < 4.78 is 16.9. The minimum absolute atomic E-state index is 0.0795. The van der Waals surface area contributed by atoms with Crippen LogP contribution in [0.4, 0.5) is 11.5 Å². The highest BCUT2D eigenvalue weighted by Gasteiger charge is 2.21. The largest absolute Gasteiger partial charge is 0.490 e. The summed E-state index contributed by atoms with van der Waals surface area (Å²) in [5.74, 6) is 6.58. The predicted molar refractivity (Wildman–Crippen MR) is 133 cm³/mol. The Bertz CT molecular complexity index is 1250. The molecule has 1 fully saturated rings. The molecule has 10 nitrogen and oxygen atoms in total. The molecule has 2 aromatic carbocycles. The van der Waals surface area contributed by atoms with Gasteiger partial charge in [-0.1, -0.05) is 18.2 Å². The van der Waals surface area contributed by atoms with E-state index in [-0.39, 0.29) is 24.2 Å². The molecule has 10 heteroatoms. The summed E-state index contributed by atoms with van der Waals surface area (Å²) in [4.78, 5) is 31.0. The third-order valence-electron chi connectivity index (χ3n) is 5.75. The normalized spacial score (nSPS) is 13.4. The number of ether oxygens (including phenoxy) is 3. The second-order valence-corrected chi connectivity index (χ2v) is 8.18. The van der Waals surface area contributed by atoms with E-state index >= 15 is 0 Å². The van der Waals surface area contributed by atoms with Crippen LogP contribution in [-0.4, -0.2) is 35.3 Å². The lowest BCUT2D eigenvalue weighted by atomic mass is 10.0. The van der Waals surface area contributed by atoms with Crippen molar-refractivity contribution in [1.82, 2.24) is 9.97 Å². The molecule has 1 aromatic heterocycles. The zero-order valence-corrected chi connectivity index (χ0v) is 19.5. The summed E-state index contributed by atoms with van der Waals surface area (Å²) in [6.07, 6.45) is 4.22. The fourth-order valence-electron chi connectivity index (χ4n) is 4.01. The maximum Gasteiger partial charge on any atom is 0.344 e. The molecule has 0 saturated heterocycles. The summed E-state index contributed by atoms with van der Waals surface area (Å²) in [7, 11) is 0. The number of hydrazine groups is 1. The van der Waals surface area contributed by atoms with Crippen molar-refractivity contribution in [3.8, 4) is 34.0 Å². The summed E-state index contributed by atoms with van der Waals surface area (Å²) in [6.45, 7) is 1.88. The molecule has 0 radical (unpaired) electrons. The molecule has 1 aliphatic rings. The van der Waals surface area contributed by atoms with E-state index in [4.69, 9.17) is 25.8 Å². The number of hydrogen-bond acceptors (Lipinski definition) is 9. The first-order chi connectivity index (χ1) is 17.0. The number of aromatic amines is 1. The zero-order chi connectivity index (χ0) is 24.8. The lowest BCUT2D eigenvalue weighted by Gasteiger charge is -2.18. The van der Waals surface area contributed by atoms with E-state index in [0.29, 0.717) is 29.5 Å². The van der Waals surface area contributed by atoms with Crippen molar-refractivity contribution in [2.75, 3.05) is 24.4 Å². The molecule has 3 aromatic rings. The molecule has 0 spiro atoms. The molecule has 4 rings (SSSR count). The Hall–Kier alpha value is -4.05. The van der Waals surface area contributed by atoms with E-state index < -0.39 is 11.5 Å². The van der Waals surface area contributed by atoms with Crippen molar-refractivity contribution in [3.63, 3.8) is 0 Å². The Morgan fingerprint density at radius 2 is 1.94 bits per heavy atom. The highest BCUT2D eigenvalue weighted by Crippen LogP contribution is 2.36. The molecule has 0 aliphatic heterocycles. The van der Waals surface area contributed by atoms with Crippen LogP contribution < -0.4 is 32.0 Å². The van der Waals surface area contributed by atoms with Crippen LogP contribution in [0.3, 0.4) is 0 Å². The number of H-pyrrole nitrogens is 1. The van der Waals surface area contributed by atoms with E-state index in [1.54, 1.807) is 13.0 Å². The highest BCUT2D eigenvalue weighted by molar-refractivity contribution is 5.75. The highest BCUT2D eigenvalue weighted by atomic mass is 16.6. The fraction of sp³-hybridized carbons (Fsp3) is 0.320. The summed E-state index contributed by atoms with van der Waals surface area (Å²) in [5, 5.41) is 0. The molecule has 35 heavy (non-hydrogen) atoms. The number of carbonyl (C=O) groups excluding carboxylic acids is 1. The van der Waals surface area contributed by atoms with Crippen LogP contribution in [0.5, 0.6) is 11.5 Å². The molecule has 1 heterocycles. The smallest absolute Gasteiger partial charge is 0.344 e. The monoisotopic (exact) mass is 479 g/mol. The Morgan fingerprint density at radius 1 is 1.17 bits per heavy atom. The number of carbonyl (C=O) groups is 1. The van der Waals surface area contributed by atoms with Crippen molar-refractivity contribution in [3.05, 3.63) is 52.8 Å². The molecule has 0 bridgehead atoms. The summed E-state index contributed by atoms with van der Waals surface area (Å²) in [6, 6.07) is 13.0. The third-order valence-corrected chi connectivity index (χ3v) is 5.75. The van der Waals surface area contributed by atoms with Gasteiger partial charge in [-0.25, -0.2) is 15.6 Å². The summed E-state index contributed by atoms with van der Waals surface area (Å²) >= 11 is 0. The predicted octanol–water partition coefficient (Wildman–Crippen LogP) is 3.24. The Kier molecular flexibility index (Phi) is 7.51. The third kappa shape index (κ3) is 5.72. The van der Waals surface area contributed by atoms with Crippen molar-refractivity contribution in [2.45, 2.75) is 38.7 Å². The Labute approximate surface area is 202 Å². The topological polar surface area (TPSA) is 155 Å². The van der Waals surface area contributed by atoms with Crippen LogP contribution in [0, 0.1) is 0 Å². The Balaban J connectivity index is 1.69. The first kappa shape index (κ1) is 24.1. The molecule has 0 unspecified atom stereocenters. The van der Waals surface area contributed by atoms with Gasteiger partial charge in [0.25, 0.3) is 5.56 Å². The van der Waals surface area contributed by atoms with Gasteiger partial charge in [0.15, 0.2) is 12.4 Å². The van der Waals surface area contributed by atoms with Gasteiger partial charge in [-0.2, -0.15) is 0 Å². The lowest BCUT2D eigenvalue weighted by molar-refractivity contribution is -0.145. The SMILES string of the molecule is CCOC(=O)COc1cccc(-c2ccc(-c3nc(NN)c(N)c(=O)[nH]3)c(OC3CCCC3)c2)c1. The molecule has 1 saturated carbocycles. The molecule has 184 valence electrons. The second kappa shape index (κ2) is 10.9.